The van der Waals surface area contributed by atoms with Crippen molar-refractivity contribution in [2.75, 3.05) is 13.2 Å². The fourth-order valence-corrected chi connectivity index (χ4v) is 21.0. The first kappa shape index (κ1) is 19.9. The first-order chi connectivity index (χ1) is 12.2. The zero-order chi connectivity index (χ0) is 17.8. The zero-order valence-corrected chi connectivity index (χ0v) is 19.5. The predicted octanol–water partition coefficient (Wildman–Crippen LogP) is 6.01. The second kappa shape index (κ2) is 8.88. The van der Waals surface area contributed by atoms with Crippen LogP contribution in [-0.2, 0) is 9.47 Å². The monoisotopic (exact) mass is 455 g/mol. The van der Waals surface area contributed by atoms with Crippen molar-refractivity contribution >= 4 is 22.1 Å². The van der Waals surface area contributed by atoms with Crippen LogP contribution in [0, 0.1) is 0 Å². The molecule has 0 N–H and O–H groups in total. The third-order valence-corrected chi connectivity index (χ3v) is 22.0. The van der Waals surface area contributed by atoms with E-state index in [4.69, 9.17) is 14.5 Å². The molecule has 1 saturated heterocycles. The van der Waals surface area contributed by atoms with Crippen LogP contribution in [0.15, 0.2) is 16.3 Å². The van der Waals surface area contributed by atoms with Gasteiger partial charge in [0, 0.05) is 0 Å². The molecule has 0 unspecified atom stereocenters. The molecule has 1 aliphatic carbocycles. The quantitative estimate of drug-likeness (QED) is 0.379. The average molecular weight is 454 g/mol. The molecule has 0 amide bonds. The summed E-state index contributed by atoms with van der Waals surface area (Å²) in [5.74, 6) is -0.449. The van der Waals surface area contributed by atoms with Crippen LogP contribution in [0.1, 0.15) is 78.6 Å². The number of unbranched alkanes of at least 4 members (excludes halogenated alkanes) is 3. The molecule has 0 atom stereocenters. The number of fused-ring (bicyclic) bond motifs is 1. The Morgan fingerprint density at radius 2 is 1.48 bits per heavy atom. The van der Waals surface area contributed by atoms with Crippen molar-refractivity contribution in [2.24, 2.45) is 4.99 Å². The molecule has 3 nitrogen and oxygen atoms in total. The Kier molecular flexibility index (Phi) is 7.06. The van der Waals surface area contributed by atoms with Crippen LogP contribution in [0.2, 0.25) is 13.3 Å². The molecule has 142 valence electrons. The number of rotatable bonds is 10. The number of hydrogen-bond donors (Lipinski definition) is 0. The van der Waals surface area contributed by atoms with Crippen molar-refractivity contribution in [1.29, 1.82) is 0 Å². The number of aliphatic imine (C=N–C) groups is 1. The number of allylic oxidation sites excluding steroid dienone is 1. The van der Waals surface area contributed by atoms with E-state index >= 15 is 0 Å². The van der Waals surface area contributed by atoms with Crippen LogP contribution in [0.3, 0.4) is 0 Å². The summed E-state index contributed by atoms with van der Waals surface area (Å²) in [5, 5.41) is 0. The topological polar surface area (TPSA) is 30.8 Å². The first-order valence-corrected chi connectivity index (χ1v) is 18.3. The van der Waals surface area contributed by atoms with Crippen molar-refractivity contribution in [2.45, 2.75) is 97.7 Å². The van der Waals surface area contributed by atoms with Crippen LogP contribution in [0.25, 0.3) is 0 Å². The molecule has 0 saturated carbocycles. The van der Waals surface area contributed by atoms with Gasteiger partial charge in [-0.25, -0.2) is 0 Å². The van der Waals surface area contributed by atoms with E-state index in [0.29, 0.717) is 0 Å². The maximum atomic E-state index is 6.06. The molecule has 1 fully saturated rings. The van der Waals surface area contributed by atoms with Gasteiger partial charge in [-0.3, -0.25) is 0 Å². The van der Waals surface area contributed by atoms with Gasteiger partial charge >= 0.3 is 159 Å². The van der Waals surface area contributed by atoms with E-state index in [1.165, 1.54) is 64.0 Å². The fraction of sp³-hybridized carbons (Fsp3) is 0.857. The number of ether oxygens (including phenoxy) is 2. The third kappa shape index (κ3) is 4.03. The minimum absolute atomic E-state index is 0.449. The molecule has 4 heteroatoms. The molecule has 0 radical (unpaired) electrons. The molecule has 0 aromatic rings. The Morgan fingerprint density at radius 3 is 2.00 bits per heavy atom. The molecule has 0 aromatic carbocycles. The van der Waals surface area contributed by atoms with Crippen molar-refractivity contribution in [3.05, 3.63) is 11.3 Å². The first-order valence-electron chi connectivity index (χ1n) is 10.8. The van der Waals surface area contributed by atoms with Crippen LogP contribution >= 0.6 is 0 Å². The van der Waals surface area contributed by atoms with Gasteiger partial charge in [0.25, 0.3) is 0 Å². The SMILES string of the molecule is CCC[CH2][Sn]([CH2]CCC)([CH2]CCC)[C]1=NC2=C(CCC23OCCO3)C1. The molecule has 2 aliphatic heterocycles. The standard InChI is InChI=1S/C9H10NO2.3C4H9.Sn/c1-3-9(11-5-6-12-9)8-7(1)2-4-10-8;3*1-3-4-2;/h1-3,5-6H2;3*1,3-4H2,2H3;. The van der Waals surface area contributed by atoms with E-state index < -0.39 is 24.2 Å². The van der Waals surface area contributed by atoms with Gasteiger partial charge in [-0.1, -0.05) is 0 Å². The minimum atomic E-state index is -2.37. The molecule has 3 aliphatic rings. The van der Waals surface area contributed by atoms with Gasteiger partial charge in [-0.2, -0.15) is 0 Å². The summed E-state index contributed by atoms with van der Waals surface area (Å²) in [5.41, 5.74) is 2.77. The maximum absolute atomic E-state index is 6.06. The van der Waals surface area contributed by atoms with Crippen LogP contribution < -0.4 is 0 Å². The van der Waals surface area contributed by atoms with E-state index in [1.807, 2.05) is 0 Å². The van der Waals surface area contributed by atoms with Gasteiger partial charge in [0.15, 0.2) is 0 Å². The Labute approximate surface area is 158 Å². The normalized spacial score (nSPS) is 22.1. The van der Waals surface area contributed by atoms with E-state index in [2.05, 4.69) is 20.8 Å². The summed E-state index contributed by atoms with van der Waals surface area (Å²) >= 11 is -2.37. The second-order valence-corrected chi connectivity index (χ2v) is 21.5. The fourth-order valence-electron chi connectivity index (χ4n) is 4.93. The van der Waals surface area contributed by atoms with E-state index in [9.17, 15) is 0 Å². The predicted molar refractivity (Wildman–Crippen MR) is 108 cm³/mol. The molecule has 0 aromatic heterocycles. The molecule has 0 bridgehead atoms. The van der Waals surface area contributed by atoms with Crippen molar-refractivity contribution in [1.82, 2.24) is 0 Å². The Hall–Kier alpha value is 0.129. The van der Waals surface area contributed by atoms with Gasteiger partial charge in [0.2, 0.25) is 0 Å². The Morgan fingerprint density at radius 1 is 0.920 bits per heavy atom. The van der Waals surface area contributed by atoms with E-state index in [-0.39, 0.29) is 0 Å². The molecule has 1 spiro atoms. The molecule has 25 heavy (non-hydrogen) atoms. The molecular weight excluding hydrogens is 417 g/mol. The van der Waals surface area contributed by atoms with Gasteiger partial charge in [-0.15, -0.1) is 0 Å². The van der Waals surface area contributed by atoms with Crippen molar-refractivity contribution in [3.8, 4) is 0 Å². The molecular formula is C21H37NO2Sn. The van der Waals surface area contributed by atoms with Gasteiger partial charge in [-0.05, 0) is 0 Å². The summed E-state index contributed by atoms with van der Waals surface area (Å²) < 4.78 is 18.3. The number of nitrogens with zero attached hydrogens (tertiary/aromatic N) is 1. The molecule has 3 rings (SSSR count). The Balaban J connectivity index is 1.85. The average Bonchev–Trinajstić information content (AvgIpc) is 3.34. The van der Waals surface area contributed by atoms with Crippen LogP contribution in [0.5, 0.6) is 0 Å². The summed E-state index contributed by atoms with van der Waals surface area (Å²) in [6.07, 6.45) is 11.5. The van der Waals surface area contributed by atoms with Crippen LogP contribution in [0.4, 0.5) is 0 Å². The summed E-state index contributed by atoms with van der Waals surface area (Å²) in [6.45, 7) is 8.51. The summed E-state index contributed by atoms with van der Waals surface area (Å²) in [7, 11) is 0. The van der Waals surface area contributed by atoms with E-state index in [0.717, 1.165) is 26.1 Å². The van der Waals surface area contributed by atoms with Crippen LogP contribution in [-0.4, -0.2) is 41.1 Å². The summed E-state index contributed by atoms with van der Waals surface area (Å²) in [6, 6.07) is 0. The zero-order valence-electron chi connectivity index (χ0n) is 16.7. The number of hydrogen-bond acceptors (Lipinski definition) is 3. The second-order valence-electron chi connectivity index (χ2n) is 8.23. The third-order valence-electron chi connectivity index (χ3n) is 6.47. The van der Waals surface area contributed by atoms with Gasteiger partial charge in [0.05, 0.1) is 0 Å². The van der Waals surface area contributed by atoms with Crippen molar-refractivity contribution in [3.63, 3.8) is 0 Å². The Bertz CT molecular complexity index is 498. The van der Waals surface area contributed by atoms with E-state index in [1.54, 1.807) is 9.30 Å². The van der Waals surface area contributed by atoms with Gasteiger partial charge in [0.1, 0.15) is 0 Å². The summed E-state index contributed by atoms with van der Waals surface area (Å²) in [4.78, 5) is 5.36. The van der Waals surface area contributed by atoms with Crippen molar-refractivity contribution < 1.29 is 9.47 Å². The van der Waals surface area contributed by atoms with Gasteiger partial charge < -0.3 is 0 Å². The molecule has 2 heterocycles.